The van der Waals surface area contributed by atoms with Gasteiger partial charge in [0.15, 0.2) is 0 Å². The second kappa shape index (κ2) is 6.89. The van der Waals surface area contributed by atoms with Gasteiger partial charge in [-0.3, -0.25) is 9.59 Å². The highest BCUT2D eigenvalue weighted by atomic mass is 16.2. The molecule has 0 unspecified atom stereocenters. The molecule has 0 fully saturated rings. The van der Waals surface area contributed by atoms with Crippen LogP contribution in [-0.4, -0.2) is 24.4 Å². The number of anilines is 1. The van der Waals surface area contributed by atoms with Gasteiger partial charge in [-0.1, -0.05) is 19.9 Å². The highest BCUT2D eigenvalue weighted by Crippen LogP contribution is 2.18. The van der Waals surface area contributed by atoms with Crippen molar-refractivity contribution in [3.63, 3.8) is 0 Å². The third kappa shape index (κ3) is 4.71. The molecule has 0 aromatic heterocycles. The summed E-state index contributed by atoms with van der Waals surface area (Å²) in [5, 5.41) is 5.96. The third-order valence-electron chi connectivity index (χ3n) is 2.78. The van der Waals surface area contributed by atoms with E-state index in [4.69, 9.17) is 5.73 Å². The molecule has 104 valence electrons. The van der Waals surface area contributed by atoms with Crippen LogP contribution in [0.3, 0.4) is 0 Å². The van der Waals surface area contributed by atoms with E-state index >= 15 is 0 Å². The minimum atomic E-state index is -0.491. The monoisotopic (exact) mass is 263 g/mol. The Labute approximate surface area is 113 Å². The number of primary amides is 1. The zero-order chi connectivity index (χ0) is 14.4. The van der Waals surface area contributed by atoms with Crippen LogP contribution in [0.4, 0.5) is 5.69 Å². The predicted octanol–water partition coefficient (Wildman–Crippen LogP) is 1.42. The van der Waals surface area contributed by atoms with Crippen LogP contribution in [0, 0.1) is 6.92 Å². The van der Waals surface area contributed by atoms with Gasteiger partial charge in [-0.2, -0.15) is 0 Å². The van der Waals surface area contributed by atoms with Gasteiger partial charge >= 0.3 is 0 Å². The third-order valence-corrected chi connectivity index (χ3v) is 2.78. The van der Waals surface area contributed by atoms with E-state index in [9.17, 15) is 9.59 Å². The van der Waals surface area contributed by atoms with Gasteiger partial charge in [-0.25, -0.2) is 0 Å². The largest absolute Gasteiger partial charge is 0.366 e. The molecule has 0 aliphatic carbocycles. The number of amides is 2. The van der Waals surface area contributed by atoms with Gasteiger partial charge in [0, 0.05) is 30.3 Å². The molecule has 5 heteroatoms. The van der Waals surface area contributed by atoms with Crippen molar-refractivity contribution < 1.29 is 9.59 Å². The van der Waals surface area contributed by atoms with Crippen molar-refractivity contribution in [1.82, 2.24) is 5.32 Å². The van der Waals surface area contributed by atoms with Crippen molar-refractivity contribution in [3.8, 4) is 0 Å². The molecule has 4 N–H and O–H groups in total. The van der Waals surface area contributed by atoms with Gasteiger partial charge in [-0.15, -0.1) is 0 Å². The molecule has 0 radical (unpaired) electrons. The Bertz CT molecular complexity index is 470. The van der Waals surface area contributed by atoms with Gasteiger partial charge in [0.05, 0.1) is 0 Å². The lowest BCUT2D eigenvalue weighted by Gasteiger charge is -2.11. The molecule has 2 amide bonds. The van der Waals surface area contributed by atoms with E-state index in [1.165, 1.54) is 0 Å². The number of hydrogen-bond acceptors (Lipinski definition) is 3. The Hall–Kier alpha value is -1.88. The molecule has 0 heterocycles. The Morgan fingerprint density at radius 1 is 1.32 bits per heavy atom. The lowest BCUT2D eigenvalue weighted by atomic mass is 10.1. The molecule has 1 aromatic carbocycles. The van der Waals surface area contributed by atoms with E-state index < -0.39 is 5.91 Å². The fraction of sp³-hybridized carbons (Fsp3) is 0.429. The average Bonchev–Trinajstić information content (AvgIpc) is 2.31. The second-order valence-corrected chi connectivity index (χ2v) is 4.75. The zero-order valence-electron chi connectivity index (χ0n) is 11.6. The highest BCUT2D eigenvalue weighted by Gasteiger charge is 2.10. The summed E-state index contributed by atoms with van der Waals surface area (Å²) in [6.45, 7) is 6.44. The van der Waals surface area contributed by atoms with E-state index in [0.717, 1.165) is 0 Å². The summed E-state index contributed by atoms with van der Waals surface area (Å²) in [7, 11) is 0. The Balaban J connectivity index is 2.64. The maximum absolute atomic E-state index is 11.8. The van der Waals surface area contributed by atoms with Crippen molar-refractivity contribution in [2.45, 2.75) is 33.2 Å². The number of carbonyl (C=O) groups is 2. The fourth-order valence-corrected chi connectivity index (χ4v) is 1.73. The first-order valence-corrected chi connectivity index (χ1v) is 6.34. The normalized spacial score (nSPS) is 10.5. The van der Waals surface area contributed by atoms with Crippen LogP contribution < -0.4 is 16.4 Å². The van der Waals surface area contributed by atoms with Crippen molar-refractivity contribution >= 4 is 17.5 Å². The number of hydrogen-bond donors (Lipinski definition) is 3. The molecule has 0 aliphatic rings. The molecule has 0 aliphatic heterocycles. The van der Waals surface area contributed by atoms with E-state index in [1.54, 1.807) is 25.1 Å². The summed E-state index contributed by atoms with van der Waals surface area (Å²) in [6, 6.07) is 5.46. The highest BCUT2D eigenvalue weighted by molar-refractivity contribution is 5.98. The topological polar surface area (TPSA) is 84.2 Å². The summed E-state index contributed by atoms with van der Waals surface area (Å²) >= 11 is 0. The standard InChI is InChI=1S/C14H21N3O2/c1-9(2)16-8-7-13(18)17-12-6-4-5-11(10(12)3)14(15)19/h4-6,9,16H,7-8H2,1-3H3,(H2,15,19)(H,17,18). The van der Waals surface area contributed by atoms with Crippen LogP contribution in [0.25, 0.3) is 0 Å². The van der Waals surface area contributed by atoms with Crippen LogP contribution in [0.5, 0.6) is 0 Å². The maximum Gasteiger partial charge on any atom is 0.249 e. The van der Waals surface area contributed by atoms with E-state index in [0.29, 0.717) is 35.8 Å². The Kier molecular flexibility index (Phi) is 5.51. The molecule has 1 rings (SSSR count). The number of carbonyl (C=O) groups excluding carboxylic acids is 2. The van der Waals surface area contributed by atoms with Crippen LogP contribution in [0.1, 0.15) is 36.2 Å². The zero-order valence-corrected chi connectivity index (χ0v) is 11.6. The molecule has 1 aromatic rings. The molecule has 5 nitrogen and oxygen atoms in total. The summed E-state index contributed by atoms with van der Waals surface area (Å²) in [4.78, 5) is 23.0. The molecule has 0 spiro atoms. The molecule has 0 bridgehead atoms. The van der Waals surface area contributed by atoms with Gasteiger partial charge in [0.25, 0.3) is 0 Å². The quantitative estimate of drug-likeness (QED) is 0.725. The Morgan fingerprint density at radius 3 is 2.58 bits per heavy atom. The number of nitrogens with two attached hydrogens (primary N) is 1. The smallest absolute Gasteiger partial charge is 0.249 e. The van der Waals surface area contributed by atoms with E-state index in [2.05, 4.69) is 10.6 Å². The van der Waals surface area contributed by atoms with Crippen molar-refractivity contribution in [3.05, 3.63) is 29.3 Å². The number of nitrogens with one attached hydrogen (secondary N) is 2. The van der Waals surface area contributed by atoms with Crippen molar-refractivity contribution in [2.24, 2.45) is 5.73 Å². The average molecular weight is 263 g/mol. The summed E-state index contributed by atoms with van der Waals surface area (Å²) < 4.78 is 0. The lowest BCUT2D eigenvalue weighted by molar-refractivity contribution is -0.116. The lowest BCUT2D eigenvalue weighted by Crippen LogP contribution is -2.27. The summed E-state index contributed by atoms with van der Waals surface area (Å²) in [5.41, 5.74) is 7.02. The minimum Gasteiger partial charge on any atom is -0.366 e. The van der Waals surface area contributed by atoms with E-state index in [-0.39, 0.29) is 5.91 Å². The summed E-state index contributed by atoms with van der Waals surface area (Å²) in [6.07, 6.45) is 0.387. The SMILES string of the molecule is Cc1c(NC(=O)CCNC(C)C)cccc1C(N)=O. The number of benzene rings is 1. The first kappa shape index (κ1) is 15.2. The van der Waals surface area contributed by atoms with Crippen LogP contribution in [0.2, 0.25) is 0 Å². The second-order valence-electron chi connectivity index (χ2n) is 4.75. The van der Waals surface area contributed by atoms with Gasteiger partial charge < -0.3 is 16.4 Å². The first-order valence-electron chi connectivity index (χ1n) is 6.34. The number of rotatable bonds is 6. The molecular formula is C14H21N3O2. The first-order chi connectivity index (χ1) is 8.91. The summed E-state index contributed by atoms with van der Waals surface area (Å²) in [5.74, 6) is -0.576. The van der Waals surface area contributed by atoms with Crippen molar-refractivity contribution in [2.75, 3.05) is 11.9 Å². The van der Waals surface area contributed by atoms with Crippen LogP contribution >= 0.6 is 0 Å². The van der Waals surface area contributed by atoms with E-state index in [1.807, 2.05) is 13.8 Å². The predicted molar refractivity (Wildman–Crippen MR) is 76.1 cm³/mol. The van der Waals surface area contributed by atoms with Crippen molar-refractivity contribution in [1.29, 1.82) is 0 Å². The van der Waals surface area contributed by atoms with Gasteiger partial charge in [0.1, 0.15) is 0 Å². The molecule has 0 atom stereocenters. The maximum atomic E-state index is 11.8. The van der Waals surface area contributed by atoms with Gasteiger partial charge in [-0.05, 0) is 24.6 Å². The molecule has 0 saturated carbocycles. The molecule has 19 heavy (non-hydrogen) atoms. The van der Waals surface area contributed by atoms with Crippen LogP contribution in [-0.2, 0) is 4.79 Å². The van der Waals surface area contributed by atoms with Gasteiger partial charge in [0.2, 0.25) is 11.8 Å². The minimum absolute atomic E-state index is 0.0853. The Morgan fingerprint density at radius 2 is 2.00 bits per heavy atom. The fourth-order valence-electron chi connectivity index (χ4n) is 1.73. The molecule has 0 saturated heterocycles. The molecular weight excluding hydrogens is 242 g/mol. The van der Waals surface area contributed by atoms with Crippen LogP contribution in [0.15, 0.2) is 18.2 Å².